The molecule has 0 aliphatic heterocycles. The minimum Gasteiger partial charge on any atom is -0.501 e. The fourth-order valence-corrected chi connectivity index (χ4v) is 1.14. The van der Waals surface area contributed by atoms with Gasteiger partial charge in [0.25, 0.3) is 0 Å². The first-order chi connectivity index (χ1) is 6.41. The normalized spacial score (nSPS) is 10.5. The third-order valence-electron chi connectivity index (χ3n) is 1.91. The van der Waals surface area contributed by atoms with Gasteiger partial charge >= 0.3 is 0 Å². The molecule has 0 N–H and O–H groups in total. The predicted molar refractivity (Wildman–Crippen MR) is 58.7 cm³/mol. The van der Waals surface area contributed by atoms with E-state index >= 15 is 0 Å². The topological polar surface area (TPSA) is 9.23 Å². The second-order valence-corrected chi connectivity index (χ2v) is 3.15. The number of hydrogen-bond acceptors (Lipinski definition) is 1. The molecule has 1 nitrogen and oxygen atoms in total. The van der Waals surface area contributed by atoms with Crippen LogP contribution in [0, 0.1) is 0 Å². The molecule has 0 bridgehead atoms. The summed E-state index contributed by atoms with van der Waals surface area (Å²) < 4.78 is 4.99. The fraction of sp³-hybridized carbons (Fsp3) is 0.667. The average Bonchev–Trinajstić information content (AvgIpc) is 2.16. The lowest BCUT2D eigenvalue weighted by Crippen LogP contribution is -1.82. The lowest BCUT2D eigenvalue weighted by molar-refractivity contribution is 0.257. The van der Waals surface area contributed by atoms with Crippen molar-refractivity contribution in [2.45, 2.75) is 45.4 Å². The predicted octanol–water partition coefficient (Wildman–Crippen LogP) is 4.06. The highest BCUT2D eigenvalue weighted by atomic mass is 16.5. The van der Waals surface area contributed by atoms with Gasteiger partial charge in [0.1, 0.15) is 0 Å². The van der Waals surface area contributed by atoms with Crippen LogP contribution in [0.5, 0.6) is 0 Å². The van der Waals surface area contributed by atoms with E-state index in [0.29, 0.717) is 0 Å². The highest BCUT2D eigenvalue weighted by Gasteiger charge is 1.84. The van der Waals surface area contributed by atoms with E-state index in [9.17, 15) is 0 Å². The van der Waals surface area contributed by atoms with E-state index in [-0.39, 0.29) is 0 Å². The summed E-state index contributed by atoms with van der Waals surface area (Å²) in [5, 5.41) is 0. The fourth-order valence-electron chi connectivity index (χ4n) is 1.14. The Morgan fingerprint density at radius 3 is 2.54 bits per heavy atom. The van der Waals surface area contributed by atoms with Crippen molar-refractivity contribution < 1.29 is 4.74 Å². The van der Waals surface area contributed by atoms with Crippen LogP contribution in [0.2, 0.25) is 0 Å². The molecule has 0 spiro atoms. The van der Waals surface area contributed by atoms with Gasteiger partial charge in [0.15, 0.2) is 0 Å². The van der Waals surface area contributed by atoms with Crippen LogP contribution in [0.15, 0.2) is 25.0 Å². The molecule has 0 aromatic carbocycles. The maximum Gasteiger partial charge on any atom is 0.0907 e. The monoisotopic (exact) mass is 182 g/mol. The Kier molecular flexibility index (Phi) is 10.7. The minimum absolute atomic E-state index is 0.759. The quantitative estimate of drug-likeness (QED) is 0.297. The van der Waals surface area contributed by atoms with E-state index in [1.807, 2.05) is 0 Å². The molecule has 0 aromatic rings. The molecule has 0 amide bonds. The zero-order valence-corrected chi connectivity index (χ0v) is 8.80. The highest BCUT2D eigenvalue weighted by molar-refractivity contribution is 4.81. The second kappa shape index (κ2) is 11.3. The molecule has 0 unspecified atom stereocenters. The summed E-state index contributed by atoms with van der Waals surface area (Å²) in [6, 6.07) is 0. The Hall–Kier alpha value is -0.720. The molecule has 1 heteroatoms. The Labute approximate surface area is 82.5 Å². The van der Waals surface area contributed by atoms with Crippen molar-refractivity contribution in [3.05, 3.63) is 25.0 Å². The van der Waals surface area contributed by atoms with E-state index in [0.717, 1.165) is 13.0 Å². The van der Waals surface area contributed by atoms with E-state index in [1.54, 1.807) is 0 Å². The van der Waals surface area contributed by atoms with Gasteiger partial charge in [0, 0.05) is 0 Å². The maximum absolute atomic E-state index is 4.99. The Balaban J connectivity index is 2.98. The molecule has 0 saturated heterocycles. The summed E-state index contributed by atoms with van der Waals surface area (Å²) in [6.45, 7) is 6.48. The molecule has 0 aromatic heterocycles. The van der Waals surface area contributed by atoms with E-state index in [4.69, 9.17) is 4.74 Å². The molecule has 76 valence electrons. The van der Waals surface area contributed by atoms with Crippen LogP contribution in [0.1, 0.15) is 45.4 Å². The van der Waals surface area contributed by atoms with Gasteiger partial charge in [-0.25, -0.2) is 0 Å². The first kappa shape index (κ1) is 12.3. The zero-order valence-electron chi connectivity index (χ0n) is 8.80. The molecular formula is C12H22O. The van der Waals surface area contributed by atoms with Crippen LogP contribution in [-0.4, -0.2) is 6.61 Å². The lowest BCUT2D eigenvalue weighted by Gasteiger charge is -1.95. The number of hydrogen-bond donors (Lipinski definition) is 0. The summed E-state index contributed by atoms with van der Waals surface area (Å²) in [5.74, 6) is 0. The van der Waals surface area contributed by atoms with Gasteiger partial charge in [-0.3, -0.25) is 0 Å². The van der Waals surface area contributed by atoms with E-state index in [1.165, 1.54) is 38.4 Å². The number of unbranched alkanes of at least 4 members (excludes halogenated alkanes) is 4. The Bertz CT molecular complexity index is 127. The van der Waals surface area contributed by atoms with Crippen LogP contribution in [0.3, 0.4) is 0 Å². The highest BCUT2D eigenvalue weighted by Crippen LogP contribution is 2.03. The van der Waals surface area contributed by atoms with Crippen LogP contribution >= 0.6 is 0 Å². The number of allylic oxidation sites excluding steroid dienone is 1. The molecular weight excluding hydrogens is 160 g/mol. The molecule has 0 aliphatic rings. The molecule has 0 heterocycles. The third-order valence-corrected chi connectivity index (χ3v) is 1.91. The summed E-state index contributed by atoms with van der Waals surface area (Å²) >= 11 is 0. The average molecular weight is 182 g/mol. The van der Waals surface area contributed by atoms with Crippen LogP contribution < -0.4 is 0 Å². The first-order valence-corrected chi connectivity index (χ1v) is 5.29. The summed E-state index contributed by atoms with van der Waals surface area (Å²) in [6.07, 6.45) is 13.5. The molecule has 0 aliphatic carbocycles. The zero-order chi connectivity index (χ0) is 9.78. The number of rotatable bonds is 9. The van der Waals surface area contributed by atoms with Gasteiger partial charge in [0.05, 0.1) is 12.9 Å². The van der Waals surface area contributed by atoms with Gasteiger partial charge in [-0.1, -0.05) is 44.9 Å². The molecule has 0 saturated carbocycles. The van der Waals surface area contributed by atoms with Crippen molar-refractivity contribution in [3.8, 4) is 0 Å². The van der Waals surface area contributed by atoms with Crippen molar-refractivity contribution in [1.29, 1.82) is 0 Å². The summed E-state index contributed by atoms with van der Waals surface area (Å²) in [4.78, 5) is 0. The minimum atomic E-state index is 0.759. The largest absolute Gasteiger partial charge is 0.501 e. The van der Waals surface area contributed by atoms with Gasteiger partial charge in [-0.15, -0.1) is 0 Å². The summed E-state index contributed by atoms with van der Waals surface area (Å²) in [7, 11) is 0. The van der Waals surface area contributed by atoms with Gasteiger partial charge in [-0.05, 0) is 19.3 Å². The van der Waals surface area contributed by atoms with Gasteiger partial charge in [-0.2, -0.15) is 0 Å². The smallest absolute Gasteiger partial charge is 0.0907 e. The third kappa shape index (κ3) is 11.3. The first-order valence-electron chi connectivity index (χ1n) is 5.29. The van der Waals surface area contributed by atoms with Crippen molar-refractivity contribution in [2.24, 2.45) is 0 Å². The van der Waals surface area contributed by atoms with Crippen LogP contribution in [-0.2, 0) is 4.74 Å². The Morgan fingerprint density at radius 1 is 1.08 bits per heavy atom. The number of ether oxygens (including phenoxy) is 1. The molecule has 0 fully saturated rings. The molecule has 0 radical (unpaired) electrons. The standard InChI is InChI=1S/C12H22O/c1-3-5-6-7-8-9-10-11-12-13-4-2/h4,9-10H,2-3,5-8,11-12H2,1H3. The van der Waals surface area contributed by atoms with Crippen molar-refractivity contribution in [1.82, 2.24) is 0 Å². The lowest BCUT2D eigenvalue weighted by atomic mass is 10.1. The van der Waals surface area contributed by atoms with Crippen molar-refractivity contribution >= 4 is 0 Å². The maximum atomic E-state index is 4.99. The van der Waals surface area contributed by atoms with Crippen molar-refractivity contribution in [3.63, 3.8) is 0 Å². The summed E-state index contributed by atoms with van der Waals surface area (Å²) in [5.41, 5.74) is 0. The molecule has 0 rings (SSSR count). The SMILES string of the molecule is C=COCCC=CCCCCCC. The van der Waals surface area contributed by atoms with Crippen LogP contribution in [0.25, 0.3) is 0 Å². The van der Waals surface area contributed by atoms with E-state index in [2.05, 4.69) is 25.7 Å². The van der Waals surface area contributed by atoms with Crippen molar-refractivity contribution in [2.75, 3.05) is 6.61 Å². The molecule has 13 heavy (non-hydrogen) atoms. The second-order valence-electron chi connectivity index (χ2n) is 3.15. The van der Waals surface area contributed by atoms with Crippen LogP contribution in [0.4, 0.5) is 0 Å². The van der Waals surface area contributed by atoms with Gasteiger partial charge in [0.2, 0.25) is 0 Å². The van der Waals surface area contributed by atoms with Gasteiger partial charge < -0.3 is 4.74 Å². The molecule has 0 atom stereocenters. The Morgan fingerprint density at radius 2 is 1.85 bits per heavy atom. The van der Waals surface area contributed by atoms with E-state index < -0.39 is 0 Å².